The van der Waals surface area contributed by atoms with Crippen LogP contribution in [0, 0.1) is 0 Å². The lowest BCUT2D eigenvalue weighted by molar-refractivity contribution is -0.932. The number of quaternary nitrogens is 1. The van der Waals surface area contributed by atoms with Gasteiger partial charge in [-0.2, -0.15) is 0 Å². The van der Waals surface area contributed by atoms with Crippen LogP contribution in [-0.4, -0.2) is 25.6 Å². The molecule has 0 radical (unpaired) electrons. The predicted molar refractivity (Wildman–Crippen MR) is 64.8 cm³/mol. The molecule has 1 atom stereocenters. The first-order valence-corrected chi connectivity index (χ1v) is 5.91. The Bertz CT molecular complexity index is 362. The highest BCUT2D eigenvalue weighted by Gasteiger charge is 2.47. The molecule has 1 aromatic rings. The quantitative estimate of drug-likeness (QED) is 0.650. The molecule has 0 spiro atoms. The van der Waals surface area contributed by atoms with Crippen LogP contribution in [0.2, 0.25) is 0 Å². The molecule has 2 rings (SSSR count). The maximum Gasteiger partial charge on any atom is 0.124 e. The summed E-state index contributed by atoms with van der Waals surface area (Å²) >= 11 is 0. The molecule has 1 nitrogen and oxygen atoms in total. The van der Waals surface area contributed by atoms with Crippen molar-refractivity contribution < 1.29 is 4.48 Å². The molecule has 0 bridgehead atoms. The minimum absolute atomic E-state index is 0.344. The summed E-state index contributed by atoms with van der Waals surface area (Å²) in [5.74, 6) is 0. The second kappa shape index (κ2) is 3.34. The van der Waals surface area contributed by atoms with Crippen LogP contribution in [0.3, 0.4) is 0 Å². The van der Waals surface area contributed by atoms with E-state index in [1.807, 2.05) is 0 Å². The normalized spacial score (nSPS) is 25.3. The fourth-order valence-corrected chi connectivity index (χ4v) is 3.21. The van der Waals surface area contributed by atoms with E-state index in [-0.39, 0.29) is 0 Å². The molecule has 0 amide bonds. The topological polar surface area (TPSA) is 0 Å². The molecule has 1 heteroatoms. The average molecular weight is 204 g/mol. The van der Waals surface area contributed by atoms with Crippen molar-refractivity contribution in [3.63, 3.8) is 0 Å². The zero-order chi connectivity index (χ0) is 11.1. The van der Waals surface area contributed by atoms with Crippen molar-refractivity contribution in [3.05, 3.63) is 35.4 Å². The highest BCUT2D eigenvalue weighted by Crippen LogP contribution is 2.45. The van der Waals surface area contributed by atoms with Crippen LogP contribution < -0.4 is 0 Å². The summed E-state index contributed by atoms with van der Waals surface area (Å²) in [7, 11) is 6.98. The average Bonchev–Trinajstić information content (AvgIpc) is 2.56. The van der Waals surface area contributed by atoms with E-state index >= 15 is 0 Å². The molecule has 0 N–H and O–H groups in total. The van der Waals surface area contributed by atoms with Crippen LogP contribution in [0.15, 0.2) is 24.3 Å². The van der Waals surface area contributed by atoms with E-state index in [1.54, 1.807) is 11.1 Å². The molecule has 0 saturated carbocycles. The molecule has 0 fully saturated rings. The van der Waals surface area contributed by atoms with E-state index < -0.39 is 0 Å². The minimum atomic E-state index is 0.344. The van der Waals surface area contributed by atoms with Crippen molar-refractivity contribution in [2.45, 2.75) is 31.7 Å². The first-order chi connectivity index (χ1) is 7.01. The Morgan fingerprint density at radius 1 is 1.20 bits per heavy atom. The number of hydrogen-bond donors (Lipinski definition) is 0. The molecule has 1 aliphatic rings. The van der Waals surface area contributed by atoms with Gasteiger partial charge in [-0.3, -0.25) is 0 Å². The van der Waals surface area contributed by atoms with Crippen molar-refractivity contribution in [2.24, 2.45) is 0 Å². The second-order valence-corrected chi connectivity index (χ2v) is 5.55. The summed E-state index contributed by atoms with van der Waals surface area (Å²) in [6, 6.07) is 8.97. The van der Waals surface area contributed by atoms with E-state index in [1.165, 1.54) is 19.3 Å². The van der Waals surface area contributed by atoms with Gasteiger partial charge in [-0.05, 0) is 12.0 Å². The largest absolute Gasteiger partial charge is 0.322 e. The van der Waals surface area contributed by atoms with E-state index in [9.17, 15) is 0 Å². The molecule has 0 saturated heterocycles. The molecular formula is C14H22N+. The van der Waals surface area contributed by atoms with Gasteiger partial charge >= 0.3 is 0 Å². The fraction of sp³-hybridized carbons (Fsp3) is 0.571. The third-order valence-corrected chi connectivity index (χ3v) is 4.20. The monoisotopic (exact) mass is 204 g/mol. The summed E-state index contributed by atoms with van der Waals surface area (Å²) in [5, 5.41) is 0. The highest BCUT2D eigenvalue weighted by atomic mass is 15.3. The highest BCUT2D eigenvalue weighted by molar-refractivity contribution is 5.37. The standard InChI is InChI=1S/C14H22N/c1-5-14(15(2,3)4)11-10-12-8-6-7-9-13(12)14/h6-9H,5,10-11H2,1-4H3/q+1. The van der Waals surface area contributed by atoms with Gasteiger partial charge in [-0.15, -0.1) is 0 Å². The third-order valence-electron chi connectivity index (χ3n) is 4.20. The lowest BCUT2D eigenvalue weighted by Gasteiger charge is -2.44. The van der Waals surface area contributed by atoms with Gasteiger partial charge in [0.05, 0.1) is 21.1 Å². The third kappa shape index (κ3) is 1.41. The number of benzene rings is 1. The van der Waals surface area contributed by atoms with Gasteiger partial charge in [0.25, 0.3) is 0 Å². The van der Waals surface area contributed by atoms with Crippen LogP contribution >= 0.6 is 0 Å². The molecule has 1 unspecified atom stereocenters. The van der Waals surface area contributed by atoms with E-state index in [0.717, 1.165) is 4.48 Å². The first kappa shape index (κ1) is 10.7. The van der Waals surface area contributed by atoms with Crippen molar-refractivity contribution in [1.82, 2.24) is 0 Å². The van der Waals surface area contributed by atoms with Gasteiger partial charge in [-0.25, -0.2) is 0 Å². The lowest BCUT2D eigenvalue weighted by Crippen LogP contribution is -2.53. The molecule has 1 aliphatic carbocycles. The maximum atomic E-state index is 2.33. The predicted octanol–water partition coefficient (Wildman–Crippen LogP) is 2.94. The van der Waals surface area contributed by atoms with Crippen LogP contribution in [0.1, 0.15) is 30.9 Å². The SMILES string of the molecule is CCC1([N+](C)(C)C)CCc2ccccc21. The summed E-state index contributed by atoms with van der Waals surface area (Å²) in [6.45, 7) is 2.33. The Morgan fingerprint density at radius 2 is 1.87 bits per heavy atom. The van der Waals surface area contributed by atoms with Crippen LogP contribution in [0.4, 0.5) is 0 Å². The minimum Gasteiger partial charge on any atom is -0.322 e. The van der Waals surface area contributed by atoms with Crippen LogP contribution in [0.25, 0.3) is 0 Å². The fourth-order valence-electron chi connectivity index (χ4n) is 3.21. The Hall–Kier alpha value is -0.820. The number of aryl methyl sites for hydroxylation is 1. The van der Waals surface area contributed by atoms with Crippen molar-refractivity contribution >= 4 is 0 Å². The second-order valence-electron chi connectivity index (χ2n) is 5.55. The lowest BCUT2D eigenvalue weighted by atomic mass is 9.86. The van der Waals surface area contributed by atoms with Gasteiger partial charge in [-0.1, -0.05) is 31.2 Å². The Kier molecular flexibility index (Phi) is 2.38. The summed E-state index contributed by atoms with van der Waals surface area (Å²) in [4.78, 5) is 0. The zero-order valence-corrected chi connectivity index (χ0v) is 10.4. The molecule has 15 heavy (non-hydrogen) atoms. The molecule has 0 aliphatic heterocycles. The van der Waals surface area contributed by atoms with Crippen molar-refractivity contribution in [2.75, 3.05) is 21.1 Å². The van der Waals surface area contributed by atoms with Gasteiger partial charge < -0.3 is 4.48 Å². The molecule has 1 aromatic carbocycles. The Morgan fingerprint density at radius 3 is 2.47 bits per heavy atom. The molecule has 82 valence electrons. The van der Waals surface area contributed by atoms with Gasteiger partial charge in [0.1, 0.15) is 5.54 Å². The molecular weight excluding hydrogens is 182 g/mol. The zero-order valence-electron chi connectivity index (χ0n) is 10.4. The number of hydrogen-bond acceptors (Lipinski definition) is 0. The van der Waals surface area contributed by atoms with E-state index in [2.05, 4.69) is 52.3 Å². The van der Waals surface area contributed by atoms with Crippen LogP contribution in [0.5, 0.6) is 0 Å². The van der Waals surface area contributed by atoms with Gasteiger partial charge in [0.2, 0.25) is 0 Å². The Balaban J connectivity index is 2.56. The van der Waals surface area contributed by atoms with E-state index in [4.69, 9.17) is 0 Å². The van der Waals surface area contributed by atoms with Gasteiger partial charge in [0.15, 0.2) is 0 Å². The first-order valence-electron chi connectivity index (χ1n) is 5.91. The smallest absolute Gasteiger partial charge is 0.124 e. The summed E-state index contributed by atoms with van der Waals surface area (Å²) < 4.78 is 1.04. The number of rotatable bonds is 2. The number of nitrogens with zero attached hydrogens (tertiary/aromatic N) is 1. The summed E-state index contributed by atoms with van der Waals surface area (Å²) in [5.41, 5.74) is 3.49. The Labute approximate surface area is 93.3 Å². The van der Waals surface area contributed by atoms with Crippen LogP contribution in [-0.2, 0) is 12.0 Å². The van der Waals surface area contributed by atoms with Crippen molar-refractivity contribution in [3.8, 4) is 0 Å². The summed E-state index contributed by atoms with van der Waals surface area (Å²) in [6.07, 6.45) is 3.78. The molecule has 0 aromatic heterocycles. The van der Waals surface area contributed by atoms with Crippen molar-refractivity contribution in [1.29, 1.82) is 0 Å². The van der Waals surface area contributed by atoms with E-state index in [0.29, 0.717) is 5.54 Å². The maximum absolute atomic E-state index is 2.33. The molecule has 0 heterocycles. The van der Waals surface area contributed by atoms with Gasteiger partial charge in [0, 0.05) is 18.4 Å². The number of fused-ring (bicyclic) bond motifs is 1.